The van der Waals surface area contributed by atoms with Gasteiger partial charge >= 0.3 is 0 Å². The zero-order valence-electron chi connectivity index (χ0n) is 15.9. The van der Waals surface area contributed by atoms with Gasteiger partial charge in [0.2, 0.25) is 0 Å². The molecule has 0 aliphatic carbocycles. The number of rotatable bonds is 5. The van der Waals surface area contributed by atoms with E-state index in [-0.39, 0.29) is 11.9 Å². The molecule has 1 aliphatic heterocycles. The topological polar surface area (TPSA) is 89.2 Å². The number of anilines is 1. The van der Waals surface area contributed by atoms with E-state index in [0.29, 0.717) is 23.4 Å². The van der Waals surface area contributed by atoms with Crippen LogP contribution in [0.2, 0.25) is 0 Å². The Labute approximate surface area is 184 Å². The minimum absolute atomic E-state index is 0.225. The van der Waals surface area contributed by atoms with Crippen molar-refractivity contribution < 1.29 is 18.0 Å². The van der Waals surface area contributed by atoms with Crippen LogP contribution < -0.4 is 4.31 Å². The van der Waals surface area contributed by atoms with Gasteiger partial charge in [-0.15, -0.1) is 0 Å². The number of nitrogens with zero attached hydrogens (tertiary/aromatic N) is 3. The van der Waals surface area contributed by atoms with Gasteiger partial charge in [-0.3, -0.25) is 9.00 Å². The number of hydrazone groups is 1. The largest absolute Gasteiger partial charge is 0.755 e. The van der Waals surface area contributed by atoms with Gasteiger partial charge in [0.25, 0.3) is 5.91 Å². The summed E-state index contributed by atoms with van der Waals surface area (Å²) in [6.07, 6.45) is 2.06. The summed E-state index contributed by atoms with van der Waals surface area (Å²) in [4.78, 5) is 13.1. The van der Waals surface area contributed by atoms with Crippen molar-refractivity contribution in [2.75, 3.05) is 11.4 Å². The van der Waals surface area contributed by atoms with E-state index in [1.165, 1.54) is 12.1 Å². The highest BCUT2D eigenvalue weighted by atomic mass is 79.9. The van der Waals surface area contributed by atoms with E-state index in [9.17, 15) is 13.6 Å². The first-order valence-electron chi connectivity index (χ1n) is 9.07. The molecule has 30 heavy (non-hydrogen) atoms. The van der Waals surface area contributed by atoms with E-state index in [2.05, 4.69) is 21.0 Å². The Morgan fingerprint density at radius 2 is 1.90 bits per heavy atom. The van der Waals surface area contributed by atoms with E-state index < -0.39 is 11.3 Å². The molecule has 154 valence electrons. The summed E-state index contributed by atoms with van der Waals surface area (Å²) in [6.45, 7) is 0. The molecule has 1 aromatic heterocycles. The van der Waals surface area contributed by atoms with Crippen molar-refractivity contribution in [1.29, 1.82) is 0 Å². The van der Waals surface area contributed by atoms with Crippen molar-refractivity contribution in [3.8, 4) is 0 Å². The fourth-order valence-corrected chi connectivity index (χ4v) is 3.81. The summed E-state index contributed by atoms with van der Waals surface area (Å²) >= 11 is 1.03. The Morgan fingerprint density at radius 1 is 1.20 bits per heavy atom. The lowest BCUT2D eigenvalue weighted by Crippen LogP contribution is -2.26. The fourth-order valence-electron chi connectivity index (χ4n) is 3.25. The minimum atomic E-state index is -2.35. The number of hydrogen-bond donors (Lipinski definition) is 0. The maximum absolute atomic E-state index is 13.1. The lowest BCUT2D eigenvalue weighted by atomic mass is 10.0. The zero-order valence-corrected chi connectivity index (χ0v) is 18.3. The van der Waals surface area contributed by atoms with Crippen molar-refractivity contribution in [2.45, 2.75) is 12.5 Å². The molecule has 2 unspecified atom stereocenters. The highest BCUT2D eigenvalue weighted by Crippen LogP contribution is 2.34. The van der Waals surface area contributed by atoms with Crippen LogP contribution >= 0.6 is 15.9 Å². The van der Waals surface area contributed by atoms with Gasteiger partial charge in [0, 0.05) is 40.5 Å². The fraction of sp³-hybridized carbons (Fsp3) is 0.143. The van der Waals surface area contributed by atoms with Gasteiger partial charge in [0.1, 0.15) is 11.8 Å². The van der Waals surface area contributed by atoms with Gasteiger partial charge in [-0.25, -0.2) is 5.01 Å². The smallest absolute Gasteiger partial charge is 0.274 e. The summed E-state index contributed by atoms with van der Waals surface area (Å²) < 4.78 is 29.9. The maximum Gasteiger partial charge on any atom is 0.274 e. The van der Waals surface area contributed by atoms with Crippen LogP contribution in [0.25, 0.3) is 0 Å². The Balaban J connectivity index is 1.65. The average molecular weight is 487 g/mol. The van der Waals surface area contributed by atoms with Gasteiger partial charge in [-0.1, -0.05) is 28.1 Å². The van der Waals surface area contributed by atoms with Gasteiger partial charge < -0.3 is 13.3 Å². The molecule has 0 saturated carbocycles. The number of benzene rings is 2. The van der Waals surface area contributed by atoms with Gasteiger partial charge in [0.15, 0.2) is 0 Å². The molecule has 9 heteroatoms. The third-order valence-corrected chi connectivity index (χ3v) is 6.06. The molecule has 0 fully saturated rings. The molecule has 1 aliphatic rings. The number of furan rings is 1. The Bertz CT molecular complexity index is 1100. The first-order valence-corrected chi connectivity index (χ1v) is 10.9. The van der Waals surface area contributed by atoms with Crippen LogP contribution in [0.1, 0.15) is 34.1 Å². The third kappa shape index (κ3) is 4.09. The second-order valence-corrected chi connectivity index (χ2v) is 8.60. The van der Waals surface area contributed by atoms with Gasteiger partial charge in [-0.05, 0) is 54.1 Å². The van der Waals surface area contributed by atoms with Crippen molar-refractivity contribution in [1.82, 2.24) is 5.01 Å². The van der Waals surface area contributed by atoms with E-state index >= 15 is 0 Å². The predicted molar refractivity (Wildman–Crippen MR) is 117 cm³/mol. The van der Waals surface area contributed by atoms with Crippen molar-refractivity contribution in [3.05, 3.63) is 88.3 Å². The summed E-state index contributed by atoms with van der Waals surface area (Å²) in [5, 5.41) is 6.05. The van der Waals surface area contributed by atoms with Crippen LogP contribution in [-0.4, -0.2) is 32.4 Å². The number of amides is 1. The summed E-state index contributed by atoms with van der Waals surface area (Å²) in [5.74, 6) is 0.425. The molecule has 0 radical (unpaired) electrons. The lowest BCUT2D eigenvalue weighted by molar-refractivity contribution is 0.0693. The normalized spacial score (nSPS) is 17.0. The Morgan fingerprint density at radius 3 is 2.50 bits per heavy atom. The average Bonchev–Trinajstić information content (AvgIpc) is 3.43. The number of halogens is 1. The molecule has 2 atom stereocenters. The quantitative estimate of drug-likeness (QED) is 0.503. The predicted octanol–water partition coefficient (Wildman–Crippen LogP) is 4.26. The maximum atomic E-state index is 13.1. The summed E-state index contributed by atoms with van der Waals surface area (Å²) in [6, 6.07) is 17.4. The number of hydrogen-bond acceptors (Lipinski definition) is 5. The monoisotopic (exact) mass is 486 g/mol. The molecule has 3 aromatic rings. The molecule has 0 spiro atoms. The van der Waals surface area contributed by atoms with Crippen LogP contribution in [0.3, 0.4) is 0 Å². The van der Waals surface area contributed by atoms with Crippen LogP contribution in [0.5, 0.6) is 0 Å². The van der Waals surface area contributed by atoms with Gasteiger partial charge in [0.05, 0.1) is 12.0 Å². The summed E-state index contributed by atoms with van der Waals surface area (Å²) in [7, 11) is 1.47. The zero-order chi connectivity index (χ0) is 21.3. The first-order chi connectivity index (χ1) is 14.4. The third-order valence-electron chi connectivity index (χ3n) is 4.87. The highest BCUT2D eigenvalue weighted by Gasteiger charge is 2.35. The van der Waals surface area contributed by atoms with Crippen molar-refractivity contribution >= 4 is 44.5 Å². The van der Waals surface area contributed by atoms with E-state index in [4.69, 9.17) is 4.42 Å². The molecule has 0 bridgehead atoms. The number of carbonyl (C=O) groups excluding carboxylic acids is 1. The van der Waals surface area contributed by atoms with Crippen LogP contribution in [0, 0.1) is 0 Å². The molecule has 2 aromatic carbocycles. The molecule has 7 nitrogen and oxygen atoms in total. The van der Waals surface area contributed by atoms with E-state index in [1.54, 1.807) is 48.7 Å². The molecule has 1 amide bonds. The number of carbonyl (C=O) groups is 1. The van der Waals surface area contributed by atoms with Crippen molar-refractivity contribution in [3.63, 3.8) is 0 Å². The molecular formula is C21H17BrN3O4S-. The highest BCUT2D eigenvalue weighted by molar-refractivity contribution is 9.10. The second-order valence-electron chi connectivity index (χ2n) is 6.70. The van der Waals surface area contributed by atoms with Crippen molar-refractivity contribution in [2.24, 2.45) is 5.10 Å². The Kier molecular flexibility index (Phi) is 5.85. The van der Waals surface area contributed by atoms with Crippen LogP contribution in [0.15, 0.2) is 80.9 Å². The molecule has 0 saturated heterocycles. The molecule has 2 heterocycles. The van der Waals surface area contributed by atoms with E-state index in [1.807, 2.05) is 18.2 Å². The minimum Gasteiger partial charge on any atom is -0.755 e. The van der Waals surface area contributed by atoms with Crippen LogP contribution in [-0.2, 0) is 11.3 Å². The SMILES string of the molecule is CN(c1ccc(C2=NN(C(=O)c3ccc(Br)cc3)C(c3ccco3)C2)cc1)S(=O)[O-]. The molecule has 4 rings (SSSR count). The summed E-state index contributed by atoms with van der Waals surface area (Å²) in [5.41, 5.74) is 2.59. The standard InChI is InChI=1S/C21H18BrN3O4S/c1-24(30(27)28)17-10-6-14(7-11-17)18-13-19(20-3-2-12-29-20)25(23-18)21(26)15-4-8-16(22)9-5-15/h2-12,19H,13H2,1H3,(H,27,28)/p-1. The Hall–Kier alpha value is -2.75. The van der Waals surface area contributed by atoms with E-state index in [0.717, 1.165) is 20.1 Å². The second kappa shape index (κ2) is 8.55. The first kappa shape index (κ1) is 20.5. The lowest BCUT2D eigenvalue weighted by Gasteiger charge is -2.21. The van der Waals surface area contributed by atoms with Gasteiger partial charge in [-0.2, -0.15) is 5.10 Å². The molecule has 0 N–H and O–H groups in total. The van der Waals surface area contributed by atoms with Crippen LogP contribution in [0.4, 0.5) is 5.69 Å². The molecular weight excluding hydrogens is 470 g/mol.